The summed E-state index contributed by atoms with van der Waals surface area (Å²) in [5, 5.41) is 2.99. The van der Waals surface area contributed by atoms with Crippen LogP contribution in [0.25, 0.3) is 0 Å². The van der Waals surface area contributed by atoms with Crippen molar-refractivity contribution in [2.24, 2.45) is 0 Å². The molecule has 0 bridgehead atoms. The molecule has 1 aromatic carbocycles. The number of hydrogen-bond donors (Lipinski definition) is 0. The third-order valence-electron chi connectivity index (χ3n) is 4.47. The normalized spacial score (nSPS) is 16.9. The fourth-order valence-corrected chi connectivity index (χ4v) is 4.00. The van der Waals surface area contributed by atoms with Gasteiger partial charge in [0.15, 0.2) is 0 Å². The number of benzene rings is 1. The maximum atomic E-state index is 13.0. The summed E-state index contributed by atoms with van der Waals surface area (Å²) in [6.45, 7) is 3.54. The van der Waals surface area contributed by atoms with Gasteiger partial charge in [0, 0.05) is 30.4 Å². The molecule has 122 valence electrons. The fraction of sp³-hybridized carbons (Fsp3) is 0.263. The molecule has 3 aromatic rings. The van der Waals surface area contributed by atoms with Gasteiger partial charge in [-0.2, -0.15) is 0 Å². The molecule has 0 aliphatic carbocycles. The number of thiazole rings is 1. The van der Waals surface area contributed by atoms with Crippen LogP contribution in [-0.2, 0) is 17.8 Å². The molecule has 2 aromatic heterocycles. The number of carbonyl (C=O) groups excluding carboxylic acids is 1. The van der Waals surface area contributed by atoms with Crippen LogP contribution in [0, 0.1) is 6.92 Å². The smallest absolute Gasteiger partial charge is 0.229 e. The first kappa shape index (κ1) is 15.1. The number of amides is 1. The van der Waals surface area contributed by atoms with E-state index < -0.39 is 0 Å². The summed E-state index contributed by atoms with van der Waals surface area (Å²) in [5.41, 5.74) is 3.20. The van der Waals surface area contributed by atoms with E-state index in [1.807, 2.05) is 35.4 Å². The van der Waals surface area contributed by atoms with Crippen molar-refractivity contribution in [2.45, 2.75) is 25.9 Å². The molecule has 0 fully saturated rings. The van der Waals surface area contributed by atoms with Crippen LogP contribution in [0.3, 0.4) is 0 Å². The molecule has 1 atom stereocenters. The first-order valence-corrected chi connectivity index (χ1v) is 9.01. The van der Waals surface area contributed by atoms with Gasteiger partial charge < -0.3 is 9.47 Å². The van der Waals surface area contributed by atoms with Crippen LogP contribution >= 0.6 is 11.3 Å². The predicted octanol–water partition coefficient (Wildman–Crippen LogP) is 3.43. The van der Waals surface area contributed by atoms with Gasteiger partial charge in [-0.25, -0.2) is 4.98 Å². The van der Waals surface area contributed by atoms with Crippen LogP contribution in [-0.4, -0.2) is 26.9 Å². The third kappa shape index (κ3) is 2.76. The Morgan fingerprint density at radius 1 is 1.21 bits per heavy atom. The lowest BCUT2D eigenvalue weighted by molar-refractivity contribution is -0.133. The Morgan fingerprint density at radius 3 is 2.79 bits per heavy atom. The van der Waals surface area contributed by atoms with Crippen molar-refractivity contribution in [1.29, 1.82) is 0 Å². The molecule has 5 heteroatoms. The largest absolute Gasteiger partial charge is 0.348 e. The molecule has 0 saturated heterocycles. The number of rotatable bonds is 3. The maximum Gasteiger partial charge on any atom is 0.229 e. The number of nitrogens with zero attached hydrogens (tertiary/aromatic N) is 3. The van der Waals surface area contributed by atoms with Gasteiger partial charge in [-0.05, 0) is 24.6 Å². The maximum absolute atomic E-state index is 13.0. The van der Waals surface area contributed by atoms with E-state index in [-0.39, 0.29) is 11.9 Å². The van der Waals surface area contributed by atoms with E-state index >= 15 is 0 Å². The summed E-state index contributed by atoms with van der Waals surface area (Å²) in [6, 6.07) is 14.4. The summed E-state index contributed by atoms with van der Waals surface area (Å²) in [5.74, 6) is 0.140. The molecule has 4 nitrogen and oxygen atoms in total. The number of carbonyl (C=O) groups is 1. The topological polar surface area (TPSA) is 38.1 Å². The quantitative estimate of drug-likeness (QED) is 0.734. The van der Waals surface area contributed by atoms with Gasteiger partial charge in [0.25, 0.3) is 0 Å². The van der Waals surface area contributed by atoms with Crippen molar-refractivity contribution in [2.75, 3.05) is 6.54 Å². The molecule has 3 heterocycles. The van der Waals surface area contributed by atoms with Gasteiger partial charge >= 0.3 is 0 Å². The average molecular weight is 337 g/mol. The van der Waals surface area contributed by atoms with E-state index in [0.29, 0.717) is 6.42 Å². The van der Waals surface area contributed by atoms with Crippen LogP contribution in [0.5, 0.6) is 0 Å². The van der Waals surface area contributed by atoms with Crippen LogP contribution in [0.4, 0.5) is 0 Å². The number of aryl methyl sites for hydroxylation is 1. The van der Waals surface area contributed by atoms with Crippen molar-refractivity contribution in [3.8, 4) is 0 Å². The molecule has 0 radical (unpaired) electrons. The zero-order valence-electron chi connectivity index (χ0n) is 13.6. The Labute approximate surface area is 145 Å². The Morgan fingerprint density at radius 2 is 2.04 bits per heavy atom. The molecular weight excluding hydrogens is 318 g/mol. The van der Waals surface area contributed by atoms with Crippen molar-refractivity contribution in [1.82, 2.24) is 14.5 Å². The minimum atomic E-state index is -0.0258. The minimum Gasteiger partial charge on any atom is -0.348 e. The standard InChI is InChI=1S/C19H19N3OS/c1-14-20-16(13-24-14)12-18(23)22-11-10-21-9-5-8-17(21)19(22)15-6-3-2-4-7-15/h2-9,13,19H,10-12H2,1H3. The molecule has 0 N–H and O–H groups in total. The Kier molecular flexibility index (Phi) is 3.94. The first-order chi connectivity index (χ1) is 11.7. The van der Waals surface area contributed by atoms with Crippen LogP contribution in [0.1, 0.15) is 28.0 Å². The highest BCUT2D eigenvalue weighted by Gasteiger charge is 2.32. The summed E-state index contributed by atoms with van der Waals surface area (Å²) >= 11 is 1.59. The number of hydrogen-bond acceptors (Lipinski definition) is 3. The van der Waals surface area contributed by atoms with E-state index in [1.165, 1.54) is 5.69 Å². The van der Waals surface area contributed by atoms with Gasteiger partial charge in [0.1, 0.15) is 0 Å². The Hall–Kier alpha value is -2.40. The zero-order chi connectivity index (χ0) is 16.5. The lowest BCUT2D eigenvalue weighted by Gasteiger charge is -2.37. The second kappa shape index (κ2) is 6.24. The van der Waals surface area contributed by atoms with Gasteiger partial charge in [-0.1, -0.05) is 30.3 Å². The van der Waals surface area contributed by atoms with E-state index in [4.69, 9.17) is 0 Å². The van der Waals surface area contributed by atoms with Gasteiger partial charge in [0.2, 0.25) is 5.91 Å². The number of fused-ring (bicyclic) bond motifs is 1. The summed E-state index contributed by atoms with van der Waals surface area (Å²) in [7, 11) is 0. The molecule has 1 unspecified atom stereocenters. The van der Waals surface area contributed by atoms with Crippen LogP contribution in [0.2, 0.25) is 0 Å². The van der Waals surface area contributed by atoms with E-state index in [1.54, 1.807) is 11.3 Å². The second-order valence-electron chi connectivity index (χ2n) is 6.06. The number of aromatic nitrogens is 2. The molecule has 0 spiro atoms. The highest BCUT2D eigenvalue weighted by Crippen LogP contribution is 2.32. The molecule has 1 aliphatic rings. The third-order valence-corrected chi connectivity index (χ3v) is 5.30. The van der Waals surface area contributed by atoms with Crippen LogP contribution in [0.15, 0.2) is 54.0 Å². The summed E-state index contributed by atoms with van der Waals surface area (Å²) in [6.07, 6.45) is 2.46. The highest BCUT2D eigenvalue weighted by atomic mass is 32.1. The van der Waals surface area contributed by atoms with E-state index in [9.17, 15) is 4.79 Å². The monoisotopic (exact) mass is 337 g/mol. The van der Waals surface area contributed by atoms with Crippen molar-refractivity contribution in [3.05, 3.63) is 76.0 Å². The Bertz CT molecular complexity index is 852. The van der Waals surface area contributed by atoms with Crippen molar-refractivity contribution < 1.29 is 4.79 Å². The van der Waals surface area contributed by atoms with Crippen molar-refractivity contribution in [3.63, 3.8) is 0 Å². The highest BCUT2D eigenvalue weighted by molar-refractivity contribution is 7.09. The lowest BCUT2D eigenvalue weighted by Crippen LogP contribution is -2.43. The summed E-state index contributed by atoms with van der Waals surface area (Å²) in [4.78, 5) is 19.4. The Balaban J connectivity index is 1.67. The van der Waals surface area contributed by atoms with Crippen LogP contribution < -0.4 is 0 Å². The van der Waals surface area contributed by atoms with E-state index in [2.05, 4.69) is 40.0 Å². The van der Waals surface area contributed by atoms with Gasteiger partial charge in [0.05, 0.1) is 23.2 Å². The predicted molar refractivity (Wildman–Crippen MR) is 95.0 cm³/mol. The molecule has 24 heavy (non-hydrogen) atoms. The zero-order valence-corrected chi connectivity index (χ0v) is 14.4. The molecular formula is C19H19N3OS. The molecule has 0 saturated carbocycles. The lowest BCUT2D eigenvalue weighted by atomic mass is 9.99. The fourth-order valence-electron chi connectivity index (χ4n) is 3.38. The molecule has 4 rings (SSSR count). The summed E-state index contributed by atoms with van der Waals surface area (Å²) < 4.78 is 2.24. The van der Waals surface area contributed by atoms with Gasteiger partial charge in [-0.15, -0.1) is 11.3 Å². The molecule has 1 amide bonds. The van der Waals surface area contributed by atoms with E-state index in [0.717, 1.165) is 29.4 Å². The first-order valence-electron chi connectivity index (χ1n) is 8.13. The SMILES string of the molecule is Cc1nc(CC(=O)N2CCn3cccc3C2c2ccccc2)cs1. The average Bonchev–Trinajstić information content (AvgIpc) is 3.23. The second-order valence-corrected chi connectivity index (χ2v) is 7.12. The van der Waals surface area contributed by atoms with Gasteiger partial charge in [-0.3, -0.25) is 4.79 Å². The van der Waals surface area contributed by atoms with Crippen molar-refractivity contribution >= 4 is 17.2 Å². The molecule has 1 aliphatic heterocycles. The minimum absolute atomic E-state index is 0.0258.